The summed E-state index contributed by atoms with van der Waals surface area (Å²) in [5.41, 5.74) is -4.44. The molecule has 0 aromatic rings. The summed E-state index contributed by atoms with van der Waals surface area (Å²) in [7, 11) is 0. The van der Waals surface area contributed by atoms with Crippen LogP contribution in [0.25, 0.3) is 0 Å². The number of aliphatic hydroxyl groups is 1. The number of carbonyl (C=O) groups excluding carboxylic acids is 2. The van der Waals surface area contributed by atoms with Crippen LogP contribution in [-0.4, -0.2) is 23.1 Å². The first-order valence-electron chi connectivity index (χ1n) is 6.40. The van der Waals surface area contributed by atoms with Crippen LogP contribution in [0, 0.1) is 10.8 Å². The van der Waals surface area contributed by atoms with Crippen molar-refractivity contribution in [2.75, 3.05) is 0 Å². The Kier molecular flexibility index (Phi) is 6.89. The lowest BCUT2D eigenvalue weighted by Gasteiger charge is -2.56. The Hall–Kier alpha value is 0.0400. The highest BCUT2D eigenvalue weighted by molar-refractivity contribution is 9.17. The zero-order chi connectivity index (χ0) is 18.2. The lowest BCUT2D eigenvalue weighted by Crippen LogP contribution is -2.66. The minimum atomic E-state index is -2.30. The number of carboxylic acid groups (broad SMARTS) is 2. The molecular formula is C14H12Br4O5-2. The van der Waals surface area contributed by atoms with Gasteiger partial charge in [-0.2, -0.15) is 0 Å². The molecule has 3 unspecified atom stereocenters. The SMILES string of the molecule is C=CCC1(C(=O)[O-])C(Br)=C(Br)C(Br)=C(Br)C1(C(=O)[O-])C(O)CC. The fourth-order valence-electron chi connectivity index (χ4n) is 2.85. The highest BCUT2D eigenvalue weighted by atomic mass is 79.9. The Morgan fingerprint density at radius 2 is 1.65 bits per heavy atom. The van der Waals surface area contributed by atoms with Crippen molar-refractivity contribution in [1.82, 2.24) is 0 Å². The number of carbonyl (C=O) groups is 2. The van der Waals surface area contributed by atoms with Crippen molar-refractivity contribution in [2.45, 2.75) is 25.9 Å². The van der Waals surface area contributed by atoms with Gasteiger partial charge in [0.05, 0.1) is 28.9 Å². The summed E-state index contributed by atoms with van der Waals surface area (Å²) in [6.07, 6.45) is -0.615. The standard InChI is InChI=1S/C14H14Br4O5/c1-3-5-13(11(20)21)9(17)7(15)8(16)10(18)14(13,12(22)23)6(19)4-2/h3,6,19H,1,4-5H2,2H3,(H,20,21)(H,22,23)/p-2. The van der Waals surface area contributed by atoms with Crippen LogP contribution in [0.1, 0.15) is 19.8 Å². The van der Waals surface area contributed by atoms with Crippen LogP contribution >= 0.6 is 63.7 Å². The lowest BCUT2D eigenvalue weighted by atomic mass is 9.56. The van der Waals surface area contributed by atoms with E-state index < -0.39 is 28.9 Å². The van der Waals surface area contributed by atoms with Crippen molar-refractivity contribution >= 4 is 75.7 Å². The minimum absolute atomic E-state index is 0.0108. The van der Waals surface area contributed by atoms with E-state index in [1.54, 1.807) is 6.92 Å². The van der Waals surface area contributed by atoms with Gasteiger partial charge in [-0.3, -0.25) is 0 Å². The Balaban J connectivity index is 4.10. The second kappa shape index (κ2) is 7.51. The fraction of sp³-hybridized carbons (Fsp3) is 0.429. The van der Waals surface area contributed by atoms with E-state index >= 15 is 0 Å². The number of aliphatic carboxylic acids is 2. The first-order valence-corrected chi connectivity index (χ1v) is 9.58. The number of hydrogen-bond acceptors (Lipinski definition) is 5. The van der Waals surface area contributed by atoms with E-state index in [-0.39, 0.29) is 30.8 Å². The molecule has 1 aliphatic carbocycles. The first-order chi connectivity index (χ1) is 10.6. The predicted molar refractivity (Wildman–Crippen MR) is 95.8 cm³/mol. The van der Waals surface area contributed by atoms with Gasteiger partial charge in [-0.05, 0) is 44.7 Å². The molecule has 0 aliphatic heterocycles. The molecule has 1 aliphatic rings. The molecule has 9 heteroatoms. The van der Waals surface area contributed by atoms with Crippen LogP contribution in [-0.2, 0) is 9.59 Å². The van der Waals surface area contributed by atoms with Crippen molar-refractivity contribution in [2.24, 2.45) is 10.8 Å². The molecular weight excluding hydrogens is 568 g/mol. The largest absolute Gasteiger partial charge is 0.549 e. The van der Waals surface area contributed by atoms with Gasteiger partial charge >= 0.3 is 0 Å². The van der Waals surface area contributed by atoms with Crippen molar-refractivity contribution in [3.63, 3.8) is 0 Å². The van der Waals surface area contributed by atoms with E-state index in [2.05, 4.69) is 70.3 Å². The Morgan fingerprint density at radius 1 is 1.17 bits per heavy atom. The summed E-state index contributed by atoms with van der Waals surface area (Å²) in [5, 5.41) is 34.8. The molecule has 0 heterocycles. The molecule has 1 rings (SSSR count). The second-order valence-corrected chi connectivity index (χ2v) is 8.13. The van der Waals surface area contributed by atoms with Gasteiger partial charge in [0.2, 0.25) is 0 Å². The Bertz CT molecular complexity index is 627. The second-order valence-electron chi connectivity index (χ2n) is 4.96. The number of halogens is 4. The van der Waals surface area contributed by atoms with Crippen LogP contribution in [0.5, 0.6) is 0 Å². The molecule has 1 N–H and O–H groups in total. The van der Waals surface area contributed by atoms with E-state index in [9.17, 15) is 24.9 Å². The molecule has 0 fully saturated rings. The third kappa shape index (κ3) is 2.72. The fourth-order valence-corrected chi connectivity index (χ4v) is 6.23. The molecule has 5 nitrogen and oxygen atoms in total. The van der Waals surface area contributed by atoms with E-state index in [4.69, 9.17) is 0 Å². The molecule has 3 atom stereocenters. The first kappa shape index (κ1) is 21.1. The Labute approximate surface area is 167 Å². The average Bonchev–Trinajstić information content (AvgIpc) is 2.49. The summed E-state index contributed by atoms with van der Waals surface area (Å²) >= 11 is 12.7. The van der Waals surface area contributed by atoms with Crippen molar-refractivity contribution < 1.29 is 24.9 Å². The highest BCUT2D eigenvalue weighted by Crippen LogP contribution is 2.64. The maximum absolute atomic E-state index is 12.1. The minimum Gasteiger partial charge on any atom is -0.549 e. The molecule has 0 saturated heterocycles. The van der Waals surface area contributed by atoms with Crippen molar-refractivity contribution in [3.05, 3.63) is 30.6 Å². The zero-order valence-electron chi connectivity index (χ0n) is 11.9. The van der Waals surface area contributed by atoms with E-state index in [0.29, 0.717) is 0 Å². The number of allylic oxidation sites excluding steroid dienone is 3. The van der Waals surface area contributed by atoms with Crippen LogP contribution < -0.4 is 10.2 Å². The maximum atomic E-state index is 12.1. The predicted octanol–water partition coefficient (Wildman–Crippen LogP) is 1.82. The highest BCUT2D eigenvalue weighted by Gasteiger charge is 2.63. The summed E-state index contributed by atoms with van der Waals surface area (Å²) in [6, 6.07) is 0. The third-order valence-corrected chi connectivity index (χ3v) is 9.26. The third-order valence-electron chi connectivity index (χ3n) is 3.98. The van der Waals surface area contributed by atoms with Crippen LogP contribution in [0.3, 0.4) is 0 Å². The van der Waals surface area contributed by atoms with Crippen molar-refractivity contribution in [3.8, 4) is 0 Å². The normalized spacial score (nSPS) is 29.5. The molecule has 0 spiro atoms. The lowest BCUT2D eigenvalue weighted by molar-refractivity contribution is -0.343. The van der Waals surface area contributed by atoms with Gasteiger partial charge < -0.3 is 24.9 Å². The van der Waals surface area contributed by atoms with Gasteiger partial charge in [0.1, 0.15) is 0 Å². The van der Waals surface area contributed by atoms with E-state index in [1.807, 2.05) is 0 Å². The Morgan fingerprint density at radius 3 is 2.00 bits per heavy atom. The summed E-state index contributed by atoms with van der Waals surface area (Å²) in [6.45, 7) is 5.05. The van der Waals surface area contributed by atoms with Crippen LogP contribution in [0.4, 0.5) is 0 Å². The number of aliphatic hydroxyl groups excluding tert-OH is 1. The van der Waals surface area contributed by atoms with Crippen LogP contribution in [0.15, 0.2) is 30.6 Å². The average molecular weight is 580 g/mol. The molecule has 23 heavy (non-hydrogen) atoms. The number of rotatable bonds is 6. The summed E-state index contributed by atoms with van der Waals surface area (Å²) in [5.74, 6) is -3.41. The van der Waals surface area contributed by atoms with Gasteiger partial charge in [-0.15, -0.1) is 6.58 Å². The maximum Gasteiger partial charge on any atom is 0.0841 e. The van der Waals surface area contributed by atoms with Gasteiger partial charge in [0.15, 0.2) is 0 Å². The quantitative estimate of drug-likeness (QED) is 0.484. The summed E-state index contributed by atoms with van der Waals surface area (Å²) in [4.78, 5) is 24.2. The molecule has 0 radical (unpaired) electrons. The van der Waals surface area contributed by atoms with Gasteiger partial charge in [-0.25, -0.2) is 0 Å². The molecule has 0 aromatic carbocycles. The molecule has 128 valence electrons. The van der Waals surface area contributed by atoms with Crippen LogP contribution in [0.2, 0.25) is 0 Å². The molecule has 0 bridgehead atoms. The zero-order valence-corrected chi connectivity index (χ0v) is 18.2. The van der Waals surface area contributed by atoms with Gasteiger partial charge in [0, 0.05) is 17.9 Å². The van der Waals surface area contributed by atoms with Gasteiger partial charge in [0.25, 0.3) is 0 Å². The van der Waals surface area contributed by atoms with Crippen molar-refractivity contribution in [1.29, 1.82) is 0 Å². The number of hydrogen-bond donors (Lipinski definition) is 1. The topological polar surface area (TPSA) is 100 Å². The summed E-state index contributed by atoms with van der Waals surface area (Å²) < 4.78 is 0.495. The number of carboxylic acids is 2. The van der Waals surface area contributed by atoms with E-state index in [1.165, 1.54) is 6.08 Å². The molecule has 0 amide bonds. The van der Waals surface area contributed by atoms with Gasteiger partial charge in [-0.1, -0.05) is 44.9 Å². The van der Waals surface area contributed by atoms with E-state index in [0.717, 1.165) is 0 Å². The monoisotopic (exact) mass is 576 g/mol. The molecule has 0 aromatic heterocycles. The molecule has 0 saturated carbocycles. The smallest absolute Gasteiger partial charge is 0.0841 e.